The zero-order valence-electron chi connectivity index (χ0n) is 13.2. The molecule has 1 aliphatic rings. The van der Waals surface area contributed by atoms with Crippen molar-refractivity contribution in [3.8, 4) is 5.75 Å². The first-order valence-electron chi connectivity index (χ1n) is 7.94. The van der Waals surface area contributed by atoms with E-state index < -0.39 is 5.82 Å². The summed E-state index contributed by atoms with van der Waals surface area (Å²) in [7, 11) is 0. The summed E-state index contributed by atoms with van der Waals surface area (Å²) in [4.78, 5) is 16.0. The largest absolute Gasteiger partial charge is 0.484 e. The lowest BCUT2D eigenvalue weighted by Crippen LogP contribution is -2.19. The predicted octanol–water partition coefficient (Wildman–Crippen LogP) is 3.31. The first-order chi connectivity index (χ1) is 11.7. The molecule has 1 unspecified atom stereocenters. The van der Waals surface area contributed by atoms with Crippen molar-refractivity contribution in [1.29, 1.82) is 0 Å². The summed E-state index contributed by atoms with van der Waals surface area (Å²) in [5.41, 5.74) is 1.12. The number of nitrogens with one attached hydrogen (secondary N) is 1. The molecule has 1 aromatic carbocycles. The van der Waals surface area contributed by atoms with Gasteiger partial charge in [0.05, 0.1) is 18.2 Å². The first kappa shape index (κ1) is 16.4. The van der Waals surface area contributed by atoms with E-state index in [0.29, 0.717) is 24.4 Å². The molecular formula is C18H19FN2O3. The molecule has 1 amide bonds. The summed E-state index contributed by atoms with van der Waals surface area (Å²) < 4.78 is 24.9. The number of hydrogen-bond donors (Lipinski definition) is 1. The summed E-state index contributed by atoms with van der Waals surface area (Å²) in [6, 6.07) is 9.82. The first-order valence-corrected chi connectivity index (χ1v) is 7.94. The fourth-order valence-electron chi connectivity index (χ4n) is 2.55. The Morgan fingerprint density at radius 3 is 3.00 bits per heavy atom. The van der Waals surface area contributed by atoms with Crippen molar-refractivity contribution in [2.24, 2.45) is 0 Å². The molecular weight excluding hydrogens is 311 g/mol. The maximum atomic E-state index is 14.1. The van der Waals surface area contributed by atoms with Gasteiger partial charge in [-0.1, -0.05) is 6.07 Å². The number of rotatable bonds is 6. The topological polar surface area (TPSA) is 60.5 Å². The van der Waals surface area contributed by atoms with Gasteiger partial charge in [0, 0.05) is 24.6 Å². The predicted molar refractivity (Wildman–Crippen MR) is 87.2 cm³/mol. The normalized spacial score (nSPS) is 16.8. The fourth-order valence-corrected chi connectivity index (χ4v) is 2.55. The minimum atomic E-state index is -0.527. The number of hydrogen-bond acceptors (Lipinski definition) is 4. The lowest BCUT2D eigenvalue weighted by atomic mass is 10.1. The molecule has 0 bridgehead atoms. The van der Waals surface area contributed by atoms with Gasteiger partial charge in [-0.15, -0.1) is 0 Å². The second kappa shape index (κ2) is 7.88. The van der Waals surface area contributed by atoms with Crippen molar-refractivity contribution < 1.29 is 18.7 Å². The van der Waals surface area contributed by atoms with E-state index in [-0.39, 0.29) is 24.4 Å². The van der Waals surface area contributed by atoms with Gasteiger partial charge in [-0.2, -0.15) is 0 Å². The summed E-state index contributed by atoms with van der Waals surface area (Å²) in [6.45, 7) is 0.886. The van der Waals surface area contributed by atoms with Gasteiger partial charge in [0.1, 0.15) is 6.61 Å². The molecule has 6 heteroatoms. The number of aromatic nitrogens is 1. The number of nitrogens with zero attached hydrogens (tertiary/aromatic N) is 1. The Balaban J connectivity index is 1.54. The van der Waals surface area contributed by atoms with Crippen LogP contribution in [0.4, 0.5) is 10.1 Å². The van der Waals surface area contributed by atoms with Gasteiger partial charge in [0.15, 0.2) is 11.6 Å². The number of ether oxygens (including phenoxy) is 2. The number of halogens is 1. The van der Waals surface area contributed by atoms with Gasteiger partial charge in [0.25, 0.3) is 0 Å². The van der Waals surface area contributed by atoms with Crippen LogP contribution in [0.3, 0.4) is 0 Å². The fraction of sp³-hybridized carbons (Fsp3) is 0.333. The maximum Gasteiger partial charge on any atom is 0.226 e. The Bertz CT molecular complexity index is 688. The SMILES string of the molecule is O=C(CC1CCCO1)Nc1ccc(OCc2ccccn2)c(F)c1. The van der Waals surface area contributed by atoms with Crippen LogP contribution < -0.4 is 10.1 Å². The second-order valence-corrected chi connectivity index (χ2v) is 5.64. The van der Waals surface area contributed by atoms with Crippen molar-refractivity contribution >= 4 is 11.6 Å². The minimum absolute atomic E-state index is 0.0316. The van der Waals surface area contributed by atoms with E-state index in [2.05, 4.69) is 10.3 Å². The average Bonchev–Trinajstić information content (AvgIpc) is 3.08. The summed E-state index contributed by atoms with van der Waals surface area (Å²) in [5.74, 6) is -0.581. The van der Waals surface area contributed by atoms with Crippen molar-refractivity contribution in [1.82, 2.24) is 4.98 Å². The van der Waals surface area contributed by atoms with Crippen LogP contribution in [0.2, 0.25) is 0 Å². The molecule has 1 fully saturated rings. The monoisotopic (exact) mass is 330 g/mol. The van der Waals surface area contributed by atoms with Gasteiger partial charge in [-0.3, -0.25) is 9.78 Å². The molecule has 2 heterocycles. The highest BCUT2D eigenvalue weighted by Gasteiger charge is 2.19. The molecule has 0 aliphatic carbocycles. The number of benzene rings is 1. The Morgan fingerprint density at radius 2 is 2.29 bits per heavy atom. The quantitative estimate of drug-likeness (QED) is 0.883. The molecule has 3 rings (SSSR count). The van der Waals surface area contributed by atoms with Crippen molar-refractivity contribution in [3.63, 3.8) is 0 Å². The molecule has 1 aliphatic heterocycles. The number of amides is 1. The van der Waals surface area contributed by atoms with Crippen molar-refractivity contribution in [2.45, 2.75) is 32.0 Å². The van der Waals surface area contributed by atoms with Crippen LogP contribution in [-0.4, -0.2) is 23.6 Å². The third-order valence-corrected chi connectivity index (χ3v) is 3.75. The van der Waals surface area contributed by atoms with Crippen molar-refractivity contribution in [3.05, 3.63) is 54.1 Å². The third kappa shape index (κ3) is 4.52. The number of carbonyl (C=O) groups is 1. The Kier molecular flexibility index (Phi) is 5.38. The zero-order valence-corrected chi connectivity index (χ0v) is 13.2. The summed E-state index contributed by atoms with van der Waals surface area (Å²) in [6.07, 6.45) is 3.79. The standard InChI is InChI=1S/C18H19FN2O3/c19-16-10-13(21-18(22)11-15-5-3-9-23-15)6-7-17(16)24-12-14-4-1-2-8-20-14/h1-2,4,6-8,10,15H,3,5,9,11-12H2,(H,21,22). The van der Waals surface area contributed by atoms with Crippen LogP contribution in [0.25, 0.3) is 0 Å². The molecule has 0 radical (unpaired) electrons. The number of anilines is 1. The Hall–Kier alpha value is -2.47. The van der Waals surface area contributed by atoms with Crippen LogP contribution in [0, 0.1) is 5.82 Å². The molecule has 2 aromatic rings. The van der Waals surface area contributed by atoms with Gasteiger partial charge in [-0.05, 0) is 37.1 Å². The van der Waals surface area contributed by atoms with Crippen LogP contribution in [0.5, 0.6) is 5.75 Å². The van der Waals surface area contributed by atoms with E-state index in [4.69, 9.17) is 9.47 Å². The average molecular weight is 330 g/mol. The maximum absolute atomic E-state index is 14.1. The van der Waals surface area contributed by atoms with Gasteiger partial charge in [-0.25, -0.2) is 4.39 Å². The highest BCUT2D eigenvalue weighted by Crippen LogP contribution is 2.23. The van der Waals surface area contributed by atoms with E-state index in [1.165, 1.54) is 12.1 Å². The van der Waals surface area contributed by atoms with E-state index in [0.717, 1.165) is 12.8 Å². The van der Waals surface area contributed by atoms with E-state index in [9.17, 15) is 9.18 Å². The lowest BCUT2D eigenvalue weighted by Gasteiger charge is -2.11. The van der Waals surface area contributed by atoms with Crippen LogP contribution >= 0.6 is 0 Å². The summed E-state index contributed by atoms with van der Waals surface area (Å²) in [5, 5.41) is 2.68. The van der Waals surface area contributed by atoms with E-state index in [1.807, 2.05) is 6.07 Å². The number of pyridine rings is 1. The lowest BCUT2D eigenvalue weighted by molar-refractivity contribution is -0.118. The van der Waals surface area contributed by atoms with Crippen LogP contribution in [0.15, 0.2) is 42.6 Å². The van der Waals surface area contributed by atoms with Gasteiger partial charge in [0.2, 0.25) is 5.91 Å². The second-order valence-electron chi connectivity index (χ2n) is 5.64. The molecule has 24 heavy (non-hydrogen) atoms. The highest BCUT2D eigenvalue weighted by molar-refractivity contribution is 5.91. The van der Waals surface area contributed by atoms with E-state index >= 15 is 0 Å². The Labute approximate surface area is 139 Å². The molecule has 0 saturated carbocycles. The molecule has 1 saturated heterocycles. The molecule has 1 atom stereocenters. The van der Waals surface area contributed by atoms with Crippen LogP contribution in [0.1, 0.15) is 25.0 Å². The minimum Gasteiger partial charge on any atom is -0.484 e. The molecule has 126 valence electrons. The summed E-state index contributed by atoms with van der Waals surface area (Å²) >= 11 is 0. The smallest absolute Gasteiger partial charge is 0.226 e. The Morgan fingerprint density at radius 1 is 1.38 bits per heavy atom. The molecule has 5 nitrogen and oxygen atoms in total. The van der Waals surface area contributed by atoms with Gasteiger partial charge >= 0.3 is 0 Å². The molecule has 1 aromatic heterocycles. The van der Waals surface area contributed by atoms with Crippen molar-refractivity contribution in [2.75, 3.05) is 11.9 Å². The van der Waals surface area contributed by atoms with E-state index in [1.54, 1.807) is 24.4 Å². The molecule has 1 N–H and O–H groups in total. The molecule has 0 spiro atoms. The van der Waals surface area contributed by atoms with Gasteiger partial charge < -0.3 is 14.8 Å². The third-order valence-electron chi connectivity index (χ3n) is 3.75. The highest BCUT2D eigenvalue weighted by atomic mass is 19.1. The zero-order chi connectivity index (χ0) is 16.8. The number of carbonyl (C=O) groups excluding carboxylic acids is 1. The van der Waals surface area contributed by atoms with Crippen LogP contribution in [-0.2, 0) is 16.1 Å².